The summed E-state index contributed by atoms with van der Waals surface area (Å²) in [4.78, 5) is 4.84. The van der Waals surface area contributed by atoms with E-state index in [0.717, 1.165) is 77.6 Å². The molecule has 0 unspecified atom stereocenters. The summed E-state index contributed by atoms with van der Waals surface area (Å²) >= 11 is 0. The van der Waals surface area contributed by atoms with Crippen molar-refractivity contribution >= 4 is 87.7 Å². The molecule has 0 aliphatic rings. The summed E-state index contributed by atoms with van der Waals surface area (Å²) < 4.78 is 11.5. The number of aliphatic imine (C=N–C) groups is 1. The predicted octanol–water partition coefficient (Wildman–Crippen LogP) is 12.3. The molecule has 0 spiro atoms. The van der Waals surface area contributed by atoms with Crippen LogP contribution in [0.15, 0.2) is 179 Å². The summed E-state index contributed by atoms with van der Waals surface area (Å²) in [5.41, 5.74) is 11.5. The molecule has 11 aromatic rings. The van der Waals surface area contributed by atoms with Crippen molar-refractivity contribution in [3.8, 4) is 5.69 Å². The summed E-state index contributed by atoms with van der Waals surface area (Å²) in [5.74, 6) is 0. The first-order valence-electron chi connectivity index (χ1n) is 18.3. The zero-order valence-corrected chi connectivity index (χ0v) is 29.9. The Morgan fingerprint density at radius 1 is 0.556 bits per heavy atom. The first-order valence-corrected chi connectivity index (χ1v) is 18.3. The average molecular weight is 695 g/mol. The fourth-order valence-corrected chi connectivity index (χ4v) is 8.77. The summed E-state index contributed by atoms with van der Waals surface area (Å²) in [7, 11) is 4.05. The van der Waals surface area contributed by atoms with Crippen LogP contribution in [0.5, 0.6) is 0 Å². The molecule has 0 aliphatic heterocycles. The molecule has 5 heteroatoms. The van der Waals surface area contributed by atoms with Crippen molar-refractivity contribution in [1.29, 1.82) is 0 Å². The highest BCUT2D eigenvalue weighted by Gasteiger charge is 2.24. The van der Waals surface area contributed by atoms with Crippen molar-refractivity contribution in [1.82, 2.24) is 9.24 Å². The lowest BCUT2D eigenvalue weighted by atomic mass is 10.0. The number of fused-ring (bicyclic) bond motifs is 12. The molecule has 8 aromatic carbocycles. The third-order valence-corrected chi connectivity index (χ3v) is 11.1. The number of para-hydroxylation sites is 3. The van der Waals surface area contributed by atoms with E-state index in [1.54, 1.807) is 0 Å². The molecule has 256 valence electrons. The van der Waals surface area contributed by atoms with Gasteiger partial charge in [-0.15, -0.1) is 0 Å². The number of hydrogen-bond acceptors (Lipinski definition) is 3. The maximum absolute atomic E-state index is 6.72. The Balaban J connectivity index is 1.28. The van der Waals surface area contributed by atoms with Gasteiger partial charge < -0.3 is 8.98 Å². The second kappa shape index (κ2) is 11.7. The number of furan rings is 1. The summed E-state index contributed by atoms with van der Waals surface area (Å²) in [6, 6.07) is 60.6. The van der Waals surface area contributed by atoms with Crippen LogP contribution in [0.1, 0.15) is 11.1 Å². The number of aromatic nitrogens is 2. The van der Waals surface area contributed by atoms with Gasteiger partial charge in [0.1, 0.15) is 5.58 Å². The second-order valence-electron chi connectivity index (χ2n) is 14.0. The Hall–Kier alpha value is -7.11. The Kier molecular flexibility index (Phi) is 6.61. The molecule has 3 aromatic heterocycles. The molecule has 3 heterocycles. The highest BCUT2D eigenvalue weighted by atomic mass is 16.3. The summed E-state index contributed by atoms with van der Waals surface area (Å²) in [5, 5.41) is 11.7. The molecule has 0 atom stereocenters. The predicted molar refractivity (Wildman–Crippen MR) is 227 cm³/mol. The zero-order valence-electron chi connectivity index (χ0n) is 29.9. The lowest BCUT2D eigenvalue weighted by Crippen LogP contribution is -2.26. The maximum Gasteiger partial charge on any atom is 0.160 e. The number of anilines is 1. The highest BCUT2D eigenvalue weighted by molar-refractivity contribution is 6.27. The standard InChI is InChI=1S/C49H34N4O/c1-50-47(32-16-5-3-6-17-32)38-22-11-13-23-41(38)51(2)53-42-28-25-31-15-9-10-20-34(31)46(42)40-29-39-36-26-27-37-35-21-12-14-24-45(35)54-49(37)48(36)52(43(39)30-44(40)53)33-18-7-4-8-19-33/h3-30H,1-2H3/b50-47-. The summed E-state index contributed by atoms with van der Waals surface area (Å²) in [6.07, 6.45) is 0. The van der Waals surface area contributed by atoms with Crippen molar-refractivity contribution in [3.05, 3.63) is 181 Å². The van der Waals surface area contributed by atoms with Crippen LogP contribution in [0.4, 0.5) is 5.69 Å². The molecule has 0 radical (unpaired) electrons. The topological polar surface area (TPSA) is 38.6 Å². The molecule has 0 saturated carbocycles. The van der Waals surface area contributed by atoms with Crippen molar-refractivity contribution in [2.75, 3.05) is 19.1 Å². The van der Waals surface area contributed by atoms with Gasteiger partial charge in [-0.2, -0.15) is 0 Å². The minimum absolute atomic E-state index is 0.893. The first-order chi connectivity index (χ1) is 26.7. The number of benzene rings is 8. The lowest BCUT2D eigenvalue weighted by molar-refractivity contribution is 0.671. The Bertz CT molecular complexity index is 3290. The van der Waals surface area contributed by atoms with Crippen LogP contribution in [0.25, 0.3) is 82.0 Å². The number of nitrogens with zero attached hydrogens (tertiary/aromatic N) is 4. The second-order valence-corrected chi connectivity index (χ2v) is 14.0. The van der Waals surface area contributed by atoms with Gasteiger partial charge in [0.25, 0.3) is 0 Å². The molecule has 0 bridgehead atoms. The maximum atomic E-state index is 6.72. The van der Waals surface area contributed by atoms with Crippen LogP contribution in [-0.4, -0.2) is 29.1 Å². The van der Waals surface area contributed by atoms with E-state index in [4.69, 9.17) is 9.41 Å². The van der Waals surface area contributed by atoms with Crippen LogP contribution < -0.4 is 5.01 Å². The number of rotatable bonds is 5. The van der Waals surface area contributed by atoms with E-state index in [1.807, 2.05) is 19.2 Å². The van der Waals surface area contributed by atoms with E-state index in [1.165, 1.54) is 26.9 Å². The molecular weight excluding hydrogens is 661 g/mol. The molecule has 0 amide bonds. The van der Waals surface area contributed by atoms with E-state index < -0.39 is 0 Å². The van der Waals surface area contributed by atoms with Crippen LogP contribution in [-0.2, 0) is 0 Å². The molecule has 0 saturated heterocycles. The summed E-state index contributed by atoms with van der Waals surface area (Å²) in [6.45, 7) is 0. The van der Waals surface area contributed by atoms with Gasteiger partial charge in [0, 0.05) is 63.2 Å². The monoisotopic (exact) mass is 694 g/mol. The SMILES string of the molecule is C/N=C(/c1ccccc1)c1ccccc1N(C)n1c2cc3c(cc2c2c4ccccc4ccc21)c1ccc2c4ccccc4oc2c1n3-c1ccccc1. The Morgan fingerprint density at radius 3 is 2.09 bits per heavy atom. The fraction of sp³-hybridized carbons (Fsp3) is 0.0408. The van der Waals surface area contributed by atoms with Crippen LogP contribution >= 0.6 is 0 Å². The highest BCUT2D eigenvalue weighted by Crippen LogP contribution is 2.44. The van der Waals surface area contributed by atoms with E-state index in [-0.39, 0.29) is 0 Å². The van der Waals surface area contributed by atoms with Gasteiger partial charge in [-0.1, -0.05) is 121 Å². The quantitative estimate of drug-likeness (QED) is 0.168. The molecule has 5 nitrogen and oxygen atoms in total. The lowest BCUT2D eigenvalue weighted by Gasteiger charge is -2.26. The van der Waals surface area contributed by atoms with E-state index in [0.29, 0.717) is 0 Å². The normalized spacial score (nSPS) is 12.4. The van der Waals surface area contributed by atoms with Gasteiger partial charge in [-0.25, -0.2) is 0 Å². The van der Waals surface area contributed by atoms with Crippen molar-refractivity contribution in [3.63, 3.8) is 0 Å². The smallest absolute Gasteiger partial charge is 0.160 e. The van der Waals surface area contributed by atoms with E-state index in [9.17, 15) is 0 Å². The van der Waals surface area contributed by atoms with Gasteiger partial charge in [0.05, 0.1) is 33.5 Å². The number of hydrogen-bond donors (Lipinski definition) is 0. The Morgan fingerprint density at radius 2 is 1.26 bits per heavy atom. The van der Waals surface area contributed by atoms with Crippen molar-refractivity contribution in [2.45, 2.75) is 0 Å². The van der Waals surface area contributed by atoms with E-state index >= 15 is 0 Å². The molecule has 0 fully saturated rings. The minimum atomic E-state index is 0.893. The van der Waals surface area contributed by atoms with Crippen molar-refractivity contribution in [2.24, 2.45) is 4.99 Å². The van der Waals surface area contributed by atoms with Crippen LogP contribution in [0, 0.1) is 0 Å². The first kappa shape index (κ1) is 30.5. The largest absolute Gasteiger partial charge is 0.454 e. The van der Waals surface area contributed by atoms with Crippen molar-refractivity contribution < 1.29 is 4.42 Å². The van der Waals surface area contributed by atoms with Gasteiger partial charge >= 0.3 is 0 Å². The molecule has 54 heavy (non-hydrogen) atoms. The molecular formula is C49H34N4O. The molecule has 0 aliphatic carbocycles. The average Bonchev–Trinajstić information content (AvgIpc) is 3.88. The van der Waals surface area contributed by atoms with Crippen LogP contribution in [0.3, 0.4) is 0 Å². The Labute approximate surface area is 311 Å². The van der Waals surface area contributed by atoms with Crippen LogP contribution in [0.2, 0.25) is 0 Å². The third kappa shape index (κ3) is 4.30. The zero-order chi connectivity index (χ0) is 35.9. The van der Waals surface area contributed by atoms with Gasteiger partial charge in [0.15, 0.2) is 5.58 Å². The molecule has 0 N–H and O–H groups in total. The molecule has 11 rings (SSSR count). The van der Waals surface area contributed by atoms with Gasteiger partial charge in [-0.05, 0) is 59.3 Å². The minimum Gasteiger partial charge on any atom is -0.454 e. The third-order valence-electron chi connectivity index (χ3n) is 11.1. The van der Waals surface area contributed by atoms with Gasteiger partial charge in [0.2, 0.25) is 0 Å². The fourth-order valence-electron chi connectivity index (χ4n) is 8.77. The van der Waals surface area contributed by atoms with Gasteiger partial charge in [-0.3, -0.25) is 14.7 Å². The van der Waals surface area contributed by atoms with E-state index in [2.05, 4.69) is 179 Å².